The number of nitrogens with two attached hydrogens (primary N) is 1. The van der Waals surface area contributed by atoms with E-state index in [2.05, 4.69) is 4.99 Å². The van der Waals surface area contributed by atoms with Crippen molar-refractivity contribution in [2.24, 2.45) is 16.1 Å². The third-order valence-corrected chi connectivity index (χ3v) is 2.22. The molecule has 0 saturated heterocycles. The van der Waals surface area contributed by atoms with Crippen molar-refractivity contribution < 1.29 is 14.7 Å². The molecule has 0 bridgehead atoms. The molecule has 0 aromatic carbocycles. The number of amides is 2. The Hall–Kier alpha value is -1.65. The summed E-state index contributed by atoms with van der Waals surface area (Å²) in [5.74, 6) is -0.241. The van der Waals surface area contributed by atoms with Gasteiger partial charge in [0.1, 0.15) is 5.76 Å². The lowest BCUT2D eigenvalue weighted by Crippen LogP contribution is -2.26. The summed E-state index contributed by atoms with van der Waals surface area (Å²) in [5.41, 5.74) is 4.65. The monoisotopic (exact) mass is 210 g/mol. The normalized spacial score (nSPS) is 21.1. The molecule has 3 N–H and O–H groups in total. The Kier molecular flexibility index (Phi) is 2.93. The van der Waals surface area contributed by atoms with Crippen LogP contribution >= 0.6 is 0 Å². The maximum atomic E-state index is 11.6. The molecule has 0 radical (unpaired) electrons. The molecule has 1 rings (SSSR count). The van der Waals surface area contributed by atoms with Gasteiger partial charge in [-0.15, -0.1) is 0 Å². The van der Waals surface area contributed by atoms with Crippen molar-refractivity contribution in [1.29, 1.82) is 0 Å². The van der Waals surface area contributed by atoms with Crippen molar-refractivity contribution >= 4 is 18.0 Å². The fourth-order valence-corrected chi connectivity index (χ4v) is 1.58. The van der Waals surface area contributed by atoms with E-state index in [-0.39, 0.29) is 22.5 Å². The number of rotatable bonds is 1. The van der Waals surface area contributed by atoms with Gasteiger partial charge in [0.15, 0.2) is 5.78 Å². The summed E-state index contributed by atoms with van der Waals surface area (Å²) in [5, 5.41) is 9.60. The number of urea groups is 1. The van der Waals surface area contributed by atoms with Crippen molar-refractivity contribution in [2.45, 2.75) is 26.7 Å². The molecule has 82 valence electrons. The first-order valence-electron chi connectivity index (χ1n) is 4.61. The van der Waals surface area contributed by atoms with Crippen LogP contribution in [-0.4, -0.2) is 23.1 Å². The van der Waals surface area contributed by atoms with Crippen LogP contribution in [0.3, 0.4) is 0 Å². The summed E-state index contributed by atoms with van der Waals surface area (Å²) >= 11 is 0. The van der Waals surface area contributed by atoms with Crippen LogP contribution in [0.2, 0.25) is 0 Å². The van der Waals surface area contributed by atoms with Crippen molar-refractivity contribution in [1.82, 2.24) is 0 Å². The minimum atomic E-state index is -0.882. The minimum absolute atomic E-state index is 0.0266. The molecule has 15 heavy (non-hydrogen) atoms. The predicted molar refractivity (Wildman–Crippen MR) is 55.8 cm³/mol. The van der Waals surface area contributed by atoms with Gasteiger partial charge in [0, 0.05) is 19.1 Å². The van der Waals surface area contributed by atoms with Crippen molar-refractivity contribution in [3.05, 3.63) is 11.3 Å². The third kappa shape index (κ3) is 2.90. The SMILES string of the molecule is CC1(C)CC(=O)C(/C=N/C(N)=O)=C(O)C1. The average molecular weight is 210 g/mol. The summed E-state index contributed by atoms with van der Waals surface area (Å²) in [6.45, 7) is 3.78. The quantitative estimate of drug-likeness (QED) is 0.639. The van der Waals surface area contributed by atoms with Crippen molar-refractivity contribution in [2.75, 3.05) is 0 Å². The lowest BCUT2D eigenvalue weighted by atomic mass is 9.77. The summed E-state index contributed by atoms with van der Waals surface area (Å²) in [6.07, 6.45) is 1.77. The summed E-state index contributed by atoms with van der Waals surface area (Å²) in [7, 11) is 0. The van der Waals surface area contributed by atoms with Gasteiger partial charge in [-0.05, 0) is 5.41 Å². The zero-order valence-electron chi connectivity index (χ0n) is 8.78. The van der Waals surface area contributed by atoms with Crippen LogP contribution in [0.25, 0.3) is 0 Å². The third-order valence-electron chi connectivity index (χ3n) is 2.22. The van der Waals surface area contributed by atoms with Gasteiger partial charge in [-0.3, -0.25) is 4.79 Å². The molecule has 0 aliphatic heterocycles. The van der Waals surface area contributed by atoms with E-state index in [4.69, 9.17) is 5.73 Å². The lowest BCUT2D eigenvalue weighted by Gasteiger charge is -2.28. The van der Waals surface area contributed by atoms with E-state index < -0.39 is 6.03 Å². The number of allylic oxidation sites excluding steroid dienone is 2. The van der Waals surface area contributed by atoms with Gasteiger partial charge in [-0.1, -0.05) is 13.8 Å². The first-order valence-corrected chi connectivity index (χ1v) is 4.61. The first-order chi connectivity index (χ1) is 6.82. The highest BCUT2D eigenvalue weighted by Gasteiger charge is 2.32. The van der Waals surface area contributed by atoms with Gasteiger partial charge in [0.25, 0.3) is 0 Å². The van der Waals surface area contributed by atoms with Gasteiger partial charge in [0.05, 0.1) is 5.57 Å². The second kappa shape index (κ2) is 3.84. The van der Waals surface area contributed by atoms with Crippen molar-refractivity contribution in [3.8, 4) is 0 Å². The summed E-state index contributed by atoms with van der Waals surface area (Å²) < 4.78 is 0. The maximum absolute atomic E-state index is 11.6. The maximum Gasteiger partial charge on any atom is 0.338 e. The predicted octanol–water partition coefficient (Wildman–Crippen LogP) is 1.34. The Morgan fingerprint density at radius 2 is 2.13 bits per heavy atom. The molecule has 0 saturated carbocycles. The van der Waals surface area contributed by atoms with Crippen LogP contribution in [0.15, 0.2) is 16.3 Å². The molecule has 0 atom stereocenters. The molecule has 0 spiro atoms. The highest BCUT2D eigenvalue weighted by atomic mass is 16.3. The fourth-order valence-electron chi connectivity index (χ4n) is 1.58. The van der Waals surface area contributed by atoms with E-state index in [1.165, 1.54) is 0 Å². The largest absolute Gasteiger partial charge is 0.511 e. The Bertz CT molecular complexity index is 367. The molecule has 1 aliphatic carbocycles. The zero-order chi connectivity index (χ0) is 11.6. The van der Waals surface area contributed by atoms with Gasteiger partial charge in [-0.2, -0.15) is 0 Å². The number of ketones is 1. The second-order valence-electron chi connectivity index (χ2n) is 4.40. The highest BCUT2D eigenvalue weighted by Crippen LogP contribution is 2.34. The second-order valence-corrected chi connectivity index (χ2v) is 4.40. The number of hydrogen-bond acceptors (Lipinski definition) is 3. The number of Topliss-reactive ketones (excluding diaryl/α,β-unsaturated/α-hetero) is 1. The molecule has 0 fully saturated rings. The number of primary amides is 1. The fraction of sp³-hybridized carbons (Fsp3) is 0.500. The van der Waals surface area contributed by atoms with Crippen LogP contribution in [0, 0.1) is 5.41 Å². The molecule has 0 heterocycles. The topological polar surface area (TPSA) is 92.8 Å². The Balaban J connectivity index is 2.97. The number of hydrogen-bond donors (Lipinski definition) is 2. The van der Waals surface area contributed by atoms with E-state index in [0.717, 1.165) is 6.21 Å². The van der Waals surface area contributed by atoms with E-state index >= 15 is 0 Å². The zero-order valence-corrected chi connectivity index (χ0v) is 8.78. The number of aliphatic imine (C=N–C) groups is 1. The summed E-state index contributed by atoms with van der Waals surface area (Å²) in [6, 6.07) is -0.882. The number of aliphatic hydroxyl groups is 1. The molecule has 0 aromatic rings. The molecule has 0 unspecified atom stereocenters. The Morgan fingerprint density at radius 3 is 2.60 bits per heavy atom. The van der Waals surface area contributed by atoms with Crippen LogP contribution in [0.1, 0.15) is 26.7 Å². The van der Waals surface area contributed by atoms with Crippen molar-refractivity contribution in [3.63, 3.8) is 0 Å². The molecule has 5 nitrogen and oxygen atoms in total. The lowest BCUT2D eigenvalue weighted by molar-refractivity contribution is -0.117. The molecule has 2 amide bonds. The molecule has 0 aromatic heterocycles. The van der Waals surface area contributed by atoms with E-state index in [0.29, 0.717) is 12.8 Å². The van der Waals surface area contributed by atoms with E-state index in [1.807, 2.05) is 13.8 Å². The van der Waals surface area contributed by atoms with Crippen LogP contribution in [0.5, 0.6) is 0 Å². The van der Waals surface area contributed by atoms with E-state index in [9.17, 15) is 14.7 Å². The number of carbonyl (C=O) groups excluding carboxylic acids is 2. The molecule has 5 heteroatoms. The Morgan fingerprint density at radius 1 is 1.53 bits per heavy atom. The van der Waals surface area contributed by atoms with Crippen LogP contribution in [0.4, 0.5) is 4.79 Å². The number of nitrogens with zero attached hydrogens (tertiary/aromatic N) is 1. The van der Waals surface area contributed by atoms with Gasteiger partial charge in [0.2, 0.25) is 0 Å². The minimum Gasteiger partial charge on any atom is -0.511 e. The van der Waals surface area contributed by atoms with Gasteiger partial charge in [-0.25, -0.2) is 9.79 Å². The molecular weight excluding hydrogens is 196 g/mol. The molecule has 1 aliphatic rings. The summed E-state index contributed by atoms with van der Waals surface area (Å²) in [4.78, 5) is 25.2. The number of aliphatic hydroxyl groups excluding tert-OH is 1. The molecular formula is C10H14N2O3. The Labute approximate surface area is 87.7 Å². The smallest absolute Gasteiger partial charge is 0.338 e. The highest BCUT2D eigenvalue weighted by molar-refractivity contribution is 6.15. The van der Waals surface area contributed by atoms with Gasteiger partial charge < -0.3 is 10.8 Å². The van der Waals surface area contributed by atoms with Gasteiger partial charge >= 0.3 is 6.03 Å². The first kappa shape index (κ1) is 11.4. The number of carbonyl (C=O) groups is 2. The standard InChI is InChI=1S/C10H14N2O3/c1-10(2)3-7(13)6(8(14)4-10)5-12-9(11)15/h5,13H,3-4H2,1-2H3,(H2,11,15)/b12-5+. The average Bonchev–Trinajstić information content (AvgIpc) is 1.98. The van der Waals surface area contributed by atoms with E-state index in [1.54, 1.807) is 0 Å². The van der Waals surface area contributed by atoms with Crippen LogP contribution < -0.4 is 5.73 Å². The van der Waals surface area contributed by atoms with Crippen LogP contribution in [-0.2, 0) is 4.79 Å².